The van der Waals surface area contributed by atoms with E-state index >= 15 is 0 Å². The normalized spacial score (nSPS) is 26.4. The minimum absolute atomic E-state index is 0.128. The Bertz CT molecular complexity index is 417. The number of nitrogens with two attached hydrogens (primary N) is 1. The van der Waals surface area contributed by atoms with Crippen molar-refractivity contribution in [2.24, 2.45) is 5.73 Å². The van der Waals surface area contributed by atoms with Gasteiger partial charge in [0.1, 0.15) is 0 Å². The van der Waals surface area contributed by atoms with Gasteiger partial charge in [-0.05, 0) is 51.7 Å². The molecule has 0 amide bonds. The van der Waals surface area contributed by atoms with E-state index in [9.17, 15) is 0 Å². The predicted molar refractivity (Wildman–Crippen MR) is 82.3 cm³/mol. The Morgan fingerprint density at radius 1 is 1.21 bits per heavy atom. The smallest absolute Gasteiger partial charge is 0.0427 e. The first-order valence-corrected chi connectivity index (χ1v) is 7.57. The van der Waals surface area contributed by atoms with Gasteiger partial charge in [-0.15, -0.1) is 0 Å². The van der Waals surface area contributed by atoms with Crippen LogP contribution >= 0.6 is 0 Å². The SMILES string of the molecule is Cc1ccc(C(N)CN2C(C)CCCC2C)c(C)c1. The zero-order chi connectivity index (χ0) is 14.0. The highest BCUT2D eigenvalue weighted by Gasteiger charge is 2.26. The van der Waals surface area contributed by atoms with E-state index in [1.54, 1.807) is 0 Å². The van der Waals surface area contributed by atoms with Crippen molar-refractivity contribution < 1.29 is 0 Å². The standard InChI is InChI=1S/C17H28N2/c1-12-8-9-16(13(2)10-12)17(18)11-19-14(3)6-5-7-15(19)4/h8-10,14-15,17H,5-7,11,18H2,1-4H3. The number of piperidine rings is 1. The van der Waals surface area contributed by atoms with E-state index in [0.29, 0.717) is 12.1 Å². The Morgan fingerprint density at radius 3 is 2.42 bits per heavy atom. The molecule has 1 aromatic carbocycles. The van der Waals surface area contributed by atoms with Crippen LogP contribution in [0.5, 0.6) is 0 Å². The van der Waals surface area contributed by atoms with E-state index in [4.69, 9.17) is 5.73 Å². The van der Waals surface area contributed by atoms with Gasteiger partial charge in [0.2, 0.25) is 0 Å². The predicted octanol–water partition coefficient (Wildman–Crippen LogP) is 3.57. The quantitative estimate of drug-likeness (QED) is 0.900. The molecule has 0 saturated carbocycles. The molecular formula is C17H28N2. The molecule has 19 heavy (non-hydrogen) atoms. The Kier molecular flexibility index (Phi) is 4.64. The third-order valence-corrected chi connectivity index (χ3v) is 4.61. The van der Waals surface area contributed by atoms with E-state index < -0.39 is 0 Å². The van der Waals surface area contributed by atoms with Gasteiger partial charge in [-0.3, -0.25) is 4.90 Å². The van der Waals surface area contributed by atoms with Gasteiger partial charge in [0.25, 0.3) is 0 Å². The summed E-state index contributed by atoms with van der Waals surface area (Å²) in [6.07, 6.45) is 3.98. The first-order valence-electron chi connectivity index (χ1n) is 7.57. The highest BCUT2D eigenvalue weighted by atomic mass is 15.2. The molecule has 0 radical (unpaired) electrons. The summed E-state index contributed by atoms with van der Waals surface area (Å²) < 4.78 is 0. The number of benzene rings is 1. The zero-order valence-electron chi connectivity index (χ0n) is 12.8. The van der Waals surface area contributed by atoms with Crippen LogP contribution < -0.4 is 5.73 Å². The van der Waals surface area contributed by atoms with Crippen LogP contribution in [0.15, 0.2) is 18.2 Å². The average molecular weight is 260 g/mol. The molecule has 106 valence electrons. The second kappa shape index (κ2) is 6.06. The summed E-state index contributed by atoms with van der Waals surface area (Å²) >= 11 is 0. The third kappa shape index (κ3) is 3.37. The lowest BCUT2D eigenvalue weighted by Crippen LogP contribution is -2.46. The Balaban J connectivity index is 2.09. The molecule has 0 spiro atoms. The van der Waals surface area contributed by atoms with E-state index in [0.717, 1.165) is 6.54 Å². The summed E-state index contributed by atoms with van der Waals surface area (Å²) in [6.45, 7) is 9.96. The van der Waals surface area contributed by atoms with Crippen molar-refractivity contribution in [2.75, 3.05) is 6.54 Å². The van der Waals surface area contributed by atoms with Gasteiger partial charge in [0, 0.05) is 24.7 Å². The lowest BCUT2D eigenvalue weighted by Gasteiger charge is -2.40. The molecule has 2 heteroatoms. The fraction of sp³-hybridized carbons (Fsp3) is 0.647. The van der Waals surface area contributed by atoms with Crippen LogP contribution in [0, 0.1) is 13.8 Å². The van der Waals surface area contributed by atoms with Crippen molar-refractivity contribution in [3.63, 3.8) is 0 Å². The maximum Gasteiger partial charge on any atom is 0.0427 e. The molecular weight excluding hydrogens is 232 g/mol. The van der Waals surface area contributed by atoms with Gasteiger partial charge in [-0.1, -0.05) is 30.2 Å². The third-order valence-electron chi connectivity index (χ3n) is 4.61. The van der Waals surface area contributed by atoms with Crippen molar-refractivity contribution in [3.8, 4) is 0 Å². The number of aryl methyl sites for hydroxylation is 2. The highest BCUT2D eigenvalue weighted by Crippen LogP contribution is 2.26. The second-order valence-corrected chi connectivity index (χ2v) is 6.29. The van der Waals surface area contributed by atoms with Crippen molar-refractivity contribution in [3.05, 3.63) is 34.9 Å². The first kappa shape index (κ1) is 14.5. The van der Waals surface area contributed by atoms with E-state index in [1.165, 1.54) is 36.0 Å². The molecule has 1 aliphatic heterocycles. The number of hydrogen-bond acceptors (Lipinski definition) is 2. The fourth-order valence-corrected chi connectivity index (χ4v) is 3.40. The fourth-order valence-electron chi connectivity index (χ4n) is 3.40. The molecule has 0 aliphatic carbocycles. The van der Waals surface area contributed by atoms with Crippen LogP contribution in [0.3, 0.4) is 0 Å². The lowest BCUT2D eigenvalue weighted by molar-refractivity contribution is 0.0961. The largest absolute Gasteiger partial charge is 0.323 e. The van der Waals surface area contributed by atoms with Crippen molar-refractivity contribution in [2.45, 2.75) is 65.1 Å². The number of likely N-dealkylation sites (tertiary alicyclic amines) is 1. The summed E-state index contributed by atoms with van der Waals surface area (Å²) in [5.41, 5.74) is 10.4. The summed E-state index contributed by atoms with van der Waals surface area (Å²) in [7, 11) is 0. The Hall–Kier alpha value is -0.860. The second-order valence-electron chi connectivity index (χ2n) is 6.29. The molecule has 2 nitrogen and oxygen atoms in total. The van der Waals surface area contributed by atoms with Crippen LogP contribution in [-0.4, -0.2) is 23.5 Å². The van der Waals surface area contributed by atoms with Crippen LogP contribution in [0.2, 0.25) is 0 Å². The molecule has 1 aromatic rings. The van der Waals surface area contributed by atoms with Crippen molar-refractivity contribution in [1.82, 2.24) is 4.90 Å². The van der Waals surface area contributed by atoms with Crippen molar-refractivity contribution in [1.29, 1.82) is 0 Å². The molecule has 3 atom stereocenters. The molecule has 0 bridgehead atoms. The first-order chi connectivity index (χ1) is 8.99. The van der Waals surface area contributed by atoms with Gasteiger partial charge in [-0.25, -0.2) is 0 Å². The molecule has 3 unspecified atom stereocenters. The van der Waals surface area contributed by atoms with E-state index in [2.05, 4.69) is 50.8 Å². The Labute approximate surface area is 118 Å². The lowest BCUT2D eigenvalue weighted by atomic mass is 9.94. The maximum atomic E-state index is 6.46. The molecule has 1 fully saturated rings. The molecule has 0 aromatic heterocycles. The van der Waals surface area contributed by atoms with Gasteiger partial charge >= 0.3 is 0 Å². The monoisotopic (exact) mass is 260 g/mol. The summed E-state index contributed by atoms with van der Waals surface area (Å²) in [5, 5.41) is 0. The van der Waals surface area contributed by atoms with Crippen LogP contribution in [0.4, 0.5) is 0 Å². The molecule has 2 rings (SSSR count). The van der Waals surface area contributed by atoms with Crippen molar-refractivity contribution >= 4 is 0 Å². The number of rotatable bonds is 3. The van der Waals surface area contributed by atoms with Crippen LogP contribution in [0.1, 0.15) is 55.8 Å². The molecule has 1 saturated heterocycles. The topological polar surface area (TPSA) is 29.3 Å². The Morgan fingerprint density at radius 2 is 1.84 bits per heavy atom. The van der Waals surface area contributed by atoms with Crippen LogP contribution in [0.25, 0.3) is 0 Å². The summed E-state index contributed by atoms with van der Waals surface area (Å²) in [5.74, 6) is 0. The summed E-state index contributed by atoms with van der Waals surface area (Å²) in [4.78, 5) is 2.59. The minimum Gasteiger partial charge on any atom is -0.323 e. The summed E-state index contributed by atoms with van der Waals surface area (Å²) in [6, 6.07) is 8.07. The van der Waals surface area contributed by atoms with E-state index in [-0.39, 0.29) is 6.04 Å². The molecule has 1 heterocycles. The number of nitrogens with zero attached hydrogens (tertiary/aromatic N) is 1. The van der Waals surface area contributed by atoms with Gasteiger partial charge in [-0.2, -0.15) is 0 Å². The average Bonchev–Trinajstić information content (AvgIpc) is 2.33. The van der Waals surface area contributed by atoms with Gasteiger partial charge in [0.15, 0.2) is 0 Å². The minimum atomic E-state index is 0.128. The number of hydrogen-bond donors (Lipinski definition) is 1. The van der Waals surface area contributed by atoms with Gasteiger partial charge < -0.3 is 5.73 Å². The van der Waals surface area contributed by atoms with E-state index in [1.807, 2.05) is 0 Å². The zero-order valence-corrected chi connectivity index (χ0v) is 12.8. The highest BCUT2D eigenvalue weighted by molar-refractivity contribution is 5.32. The van der Waals surface area contributed by atoms with Crippen LogP contribution in [-0.2, 0) is 0 Å². The molecule has 2 N–H and O–H groups in total. The van der Waals surface area contributed by atoms with Gasteiger partial charge in [0.05, 0.1) is 0 Å². The molecule has 1 aliphatic rings. The maximum absolute atomic E-state index is 6.46.